The van der Waals surface area contributed by atoms with Gasteiger partial charge >= 0.3 is 4.87 Å². The second-order valence-electron chi connectivity index (χ2n) is 12.2. The molecule has 3 amide bonds. The van der Waals surface area contributed by atoms with Crippen molar-refractivity contribution in [2.45, 2.75) is 29.5 Å². The highest BCUT2D eigenvalue weighted by molar-refractivity contribution is 8.00. The summed E-state index contributed by atoms with van der Waals surface area (Å²) >= 11 is 9.37. The number of halogens is 1. The minimum Gasteiger partial charge on any atom is -0.483 e. The Balaban J connectivity index is 1.15. The fraction of sp³-hybridized carbons (Fsp3) is 0.294. The molecule has 2 bridgehead atoms. The number of nitrogens with zero attached hydrogens (tertiary/aromatic N) is 1. The number of fused-ring (bicyclic) bond motifs is 9. The van der Waals surface area contributed by atoms with Crippen LogP contribution in [0, 0.1) is 36.5 Å². The maximum atomic E-state index is 14.0. The third-order valence-electron chi connectivity index (χ3n) is 9.74. The predicted molar refractivity (Wildman–Crippen MR) is 174 cm³/mol. The molecule has 3 aromatic carbocycles. The summed E-state index contributed by atoms with van der Waals surface area (Å²) in [6.45, 7) is 1.76. The van der Waals surface area contributed by atoms with Crippen molar-refractivity contribution in [3.05, 3.63) is 103 Å². The third-order valence-corrected chi connectivity index (χ3v) is 12.6. The molecule has 3 heterocycles. The molecule has 2 saturated carbocycles. The van der Waals surface area contributed by atoms with Crippen molar-refractivity contribution in [3.8, 4) is 5.75 Å². The molecule has 2 aliphatic carbocycles. The Morgan fingerprint density at radius 1 is 1.00 bits per heavy atom. The van der Waals surface area contributed by atoms with E-state index in [9.17, 15) is 19.2 Å². The number of imide groups is 1. The van der Waals surface area contributed by atoms with Crippen LogP contribution < -0.4 is 19.8 Å². The third kappa shape index (κ3) is 4.64. The van der Waals surface area contributed by atoms with Gasteiger partial charge in [-0.3, -0.25) is 24.1 Å². The van der Waals surface area contributed by atoms with Crippen LogP contribution in [0.5, 0.6) is 5.75 Å². The van der Waals surface area contributed by atoms with Crippen molar-refractivity contribution in [1.29, 1.82) is 0 Å². The molecule has 4 aromatic rings. The van der Waals surface area contributed by atoms with Crippen molar-refractivity contribution >= 4 is 63.8 Å². The molecular formula is C34H28ClN3O5S2. The molecule has 4 aliphatic rings. The fourth-order valence-electron chi connectivity index (χ4n) is 8.07. The van der Waals surface area contributed by atoms with Crippen LogP contribution in [0.2, 0.25) is 5.02 Å². The number of nitrogens with one attached hydrogen (secondary N) is 2. The van der Waals surface area contributed by atoms with Crippen molar-refractivity contribution in [3.63, 3.8) is 0 Å². The number of hydrogen-bond donors (Lipinski definition) is 2. The first kappa shape index (κ1) is 28.6. The van der Waals surface area contributed by atoms with Gasteiger partial charge in [0.2, 0.25) is 11.8 Å². The molecule has 6 unspecified atom stereocenters. The van der Waals surface area contributed by atoms with E-state index >= 15 is 0 Å². The first-order chi connectivity index (χ1) is 21.8. The zero-order valence-electron chi connectivity index (χ0n) is 24.1. The van der Waals surface area contributed by atoms with Crippen LogP contribution in [0.25, 0.3) is 0 Å². The second kappa shape index (κ2) is 10.9. The normalized spacial score (nSPS) is 27.7. The molecule has 0 spiro atoms. The van der Waals surface area contributed by atoms with Crippen LogP contribution in [-0.2, 0) is 14.4 Å². The number of H-pyrrole nitrogens is 1. The summed E-state index contributed by atoms with van der Waals surface area (Å²) in [5.74, 6) is -1.29. The Morgan fingerprint density at radius 2 is 1.73 bits per heavy atom. The highest BCUT2D eigenvalue weighted by Crippen LogP contribution is 2.69. The van der Waals surface area contributed by atoms with Crippen molar-refractivity contribution < 1.29 is 19.1 Å². The fourth-order valence-corrected chi connectivity index (χ4v) is 11.1. The summed E-state index contributed by atoms with van der Waals surface area (Å²) < 4.78 is 6.15. The van der Waals surface area contributed by atoms with Gasteiger partial charge in [0, 0.05) is 32.3 Å². The summed E-state index contributed by atoms with van der Waals surface area (Å²) in [5.41, 5.74) is 3.11. The Hall–Kier alpha value is -3.86. The van der Waals surface area contributed by atoms with Crippen LogP contribution in [0.15, 0.2) is 82.6 Å². The van der Waals surface area contributed by atoms with E-state index in [1.54, 1.807) is 36.0 Å². The first-order valence-electron chi connectivity index (χ1n) is 14.9. The minimum atomic E-state index is -0.425. The molecular weight excluding hydrogens is 630 g/mol. The van der Waals surface area contributed by atoms with E-state index in [4.69, 9.17) is 16.3 Å². The van der Waals surface area contributed by atoms with Gasteiger partial charge in [-0.05, 0) is 73.6 Å². The first-order valence-corrected chi connectivity index (χ1v) is 17.0. The number of anilines is 2. The number of thiazole rings is 1. The van der Waals surface area contributed by atoms with Crippen LogP contribution in [0.4, 0.5) is 11.4 Å². The van der Waals surface area contributed by atoms with Gasteiger partial charge in [0.25, 0.3) is 5.91 Å². The monoisotopic (exact) mass is 657 g/mol. The standard InChI is InChI=1S/C34H28ClN3O5S2/c1-16-7-10-19(11-8-16)38-32(40)27-21-14-22(28(27)33(38)41)29-26(21)25(30-31(44-29)37-34(42)45-30)20-13-17(35)9-12-23(20)43-15-24(39)36-18-5-3-2-4-6-18/h2-13,21-22,25-29H,14-15H2,1H3,(H,36,39)(H,37,42)/t21?,22?,25-,26?,27?,28?,29?/m1/s1. The van der Waals surface area contributed by atoms with Gasteiger partial charge < -0.3 is 15.0 Å². The minimum absolute atomic E-state index is 0.0128. The number of aromatic nitrogens is 1. The number of thioether (sulfide) groups is 1. The lowest BCUT2D eigenvalue weighted by Crippen LogP contribution is -2.42. The Bertz CT molecular complexity index is 1910. The van der Waals surface area contributed by atoms with Crippen LogP contribution in [0.3, 0.4) is 0 Å². The van der Waals surface area contributed by atoms with E-state index in [2.05, 4.69) is 10.3 Å². The summed E-state index contributed by atoms with van der Waals surface area (Å²) in [5, 5.41) is 4.15. The molecule has 2 N–H and O–H groups in total. The van der Waals surface area contributed by atoms with Crippen LogP contribution >= 0.6 is 34.7 Å². The van der Waals surface area contributed by atoms with E-state index in [0.29, 0.717) is 22.1 Å². The van der Waals surface area contributed by atoms with Gasteiger partial charge in [-0.1, -0.05) is 58.8 Å². The van der Waals surface area contributed by atoms with Gasteiger partial charge in [-0.25, -0.2) is 0 Å². The molecule has 3 fully saturated rings. The summed E-state index contributed by atoms with van der Waals surface area (Å²) in [6.07, 6.45) is 0.767. The quantitative estimate of drug-likeness (QED) is 0.243. The van der Waals surface area contributed by atoms with Gasteiger partial charge in [0.05, 0.1) is 22.5 Å². The average Bonchev–Trinajstić information content (AvgIpc) is 3.76. The van der Waals surface area contributed by atoms with E-state index in [-0.39, 0.29) is 64.0 Å². The summed E-state index contributed by atoms with van der Waals surface area (Å²) in [7, 11) is 0. The highest BCUT2D eigenvalue weighted by Gasteiger charge is 2.69. The SMILES string of the molecule is Cc1ccc(N2C(=O)C3C4CC(C3C2=O)C2C4Sc3[nH]c(=O)sc3[C@@H]2c2cc(Cl)ccc2OCC(=O)Nc2ccccc2)cc1. The molecule has 1 aromatic heterocycles. The summed E-state index contributed by atoms with van der Waals surface area (Å²) in [4.78, 5) is 58.6. The predicted octanol–water partition coefficient (Wildman–Crippen LogP) is 6.09. The van der Waals surface area contributed by atoms with Gasteiger partial charge in [0.1, 0.15) is 5.75 Å². The number of hydrogen-bond acceptors (Lipinski definition) is 7. The molecule has 8 rings (SSSR count). The molecule has 8 nitrogen and oxygen atoms in total. The van der Waals surface area contributed by atoms with Crippen LogP contribution in [-0.4, -0.2) is 34.6 Å². The van der Waals surface area contributed by atoms with Crippen molar-refractivity contribution in [1.82, 2.24) is 4.98 Å². The average molecular weight is 658 g/mol. The van der Waals surface area contributed by atoms with E-state index in [1.807, 2.05) is 55.5 Å². The smallest absolute Gasteiger partial charge is 0.305 e. The number of carbonyl (C=O) groups excluding carboxylic acids is 3. The molecule has 1 saturated heterocycles. The number of aromatic amines is 1. The maximum absolute atomic E-state index is 14.0. The molecule has 0 radical (unpaired) electrons. The van der Waals surface area contributed by atoms with E-state index in [1.165, 1.54) is 4.90 Å². The number of carbonyl (C=O) groups is 3. The van der Waals surface area contributed by atoms with Crippen LogP contribution in [0.1, 0.15) is 28.3 Å². The largest absolute Gasteiger partial charge is 0.483 e. The molecule has 45 heavy (non-hydrogen) atoms. The molecule has 11 heteroatoms. The number of ether oxygens (including phenoxy) is 1. The Labute approximate surface area is 272 Å². The maximum Gasteiger partial charge on any atom is 0.305 e. The Kier molecular flexibility index (Phi) is 6.92. The van der Waals surface area contributed by atoms with Gasteiger partial charge in [-0.2, -0.15) is 0 Å². The number of para-hydroxylation sites is 1. The number of benzene rings is 3. The topological polar surface area (TPSA) is 109 Å². The lowest BCUT2D eigenvalue weighted by atomic mass is 9.68. The lowest BCUT2D eigenvalue weighted by Gasteiger charge is -2.43. The highest BCUT2D eigenvalue weighted by atomic mass is 35.5. The molecule has 7 atom stereocenters. The zero-order chi connectivity index (χ0) is 31.0. The molecule has 228 valence electrons. The lowest BCUT2D eigenvalue weighted by molar-refractivity contribution is -0.123. The van der Waals surface area contributed by atoms with Crippen molar-refractivity contribution in [2.24, 2.45) is 29.6 Å². The van der Waals surface area contributed by atoms with E-state index in [0.717, 1.165) is 38.8 Å². The molecule has 2 aliphatic heterocycles. The number of rotatable bonds is 6. The second-order valence-corrected chi connectivity index (χ2v) is 14.8. The zero-order valence-corrected chi connectivity index (χ0v) is 26.5. The van der Waals surface area contributed by atoms with Gasteiger partial charge in [0.15, 0.2) is 6.61 Å². The summed E-state index contributed by atoms with van der Waals surface area (Å²) in [6, 6.07) is 22.0. The number of amides is 3. The van der Waals surface area contributed by atoms with Crippen molar-refractivity contribution in [2.75, 3.05) is 16.8 Å². The van der Waals surface area contributed by atoms with E-state index < -0.39 is 5.92 Å². The van der Waals surface area contributed by atoms with Gasteiger partial charge in [-0.15, -0.1) is 11.8 Å². The Morgan fingerprint density at radius 3 is 2.49 bits per heavy atom. The number of aryl methyl sites for hydroxylation is 1.